The van der Waals surface area contributed by atoms with Gasteiger partial charge in [0.05, 0.1) is 36.3 Å². The van der Waals surface area contributed by atoms with Crippen LogP contribution in [0.15, 0.2) is 71.7 Å². The van der Waals surface area contributed by atoms with Gasteiger partial charge < -0.3 is 25.0 Å². The number of ether oxygens (including phenoxy) is 1. The second kappa shape index (κ2) is 10.6. The molecule has 4 rings (SSSR count). The molecule has 0 fully saturated rings. The lowest BCUT2D eigenvalue weighted by molar-refractivity contribution is -0.119. The molecule has 0 spiro atoms. The van der Waals surface area contributed by atoms with E-state index >= 15 is 0 Å². The Kier molecular flexibility index (Phi) is 7.35. The number of methoxy groups -OCH3 is 1. The molecule has 3 aromatic carbocycles. The first kappa shape index (κ1) is 25.6. The highest BCUT2D eigenvalue weighted by atomic mass is 16.5. The molecule has 0 aromatic heterocycles. The van der Waals surface area contributed by atoms with E-state index in [-0.39, 0.29) is 24.1 Å². The van der Waals surface area contributed by atoms with Gasteiger partial charge in [0.15, 0.2) is 0 Å². The molecule has 0 aliphatic carbocycles. The van der Waals surface area contributed by atoms with Crippen LogP contribution in [-0.4, -0.2) is 68.3 Å². The van der Waals surface area contributed by atoms with Gasteiger partial charge in [0, 0.05) is 18.8 Å². The van der Waals surface area contributed by atoms with Crippen LogP contribution in [0.1, 0.15) is 27.4 Å². The molecule has 1 unspecified atom stereocenters. The molecule has 2 N–H and O–H groups in total. The minimum Gasteiger partial charge on any atom is -0.506 e. The van der Waals surface area contributed by atoms with E-state index in [1.54, 1.807) is 56.4 Å². The average Bonchev–Trinajstić information content (AvgIpc) is 3.21. The number of hydrogen-bond acceptors (Lipinski definition) is 7. The number of nitrogens with one attached hydrogen (secondary N) is 1. The lowest BCUT2D eigenvalue weighted by atomic mass is 9.90. The van der Waals surface area contributed by atoms with Crippen molar-refractivity contribution < 1.29 is 24.2 Å². The molecule has 1 aliphatic rings. The molecule has 1 atom stereocenters. The van der Waals surface area contributed by atoms with E-state index in [9.17, 15) is 19.5 Å². The molecule has 0 saturated heterocycles. The van der Waals surface area contributed by atoms with E-state index in [0.29, 0.717) is 33.9 Å². The number of hydrogen-bond donors (Lipinski definition) is 2. The van der Waals surface area contributed by atoms with E-state index in [0.717, 1.165) is 5.56 Å². The van der Waals surface area contributed by atoms with Gasteiger partial charge in [-0.2, -0.15) is 0 Å². The number of nitrogens with zero attached hydrogens (tertiary/aromatic N) is 3. The smallest absolute Gasteiger partial charge is 0.337 e. The van der Waals surface area contributed by atoms with Gasteiger partial charge in [-0.1, -0.05) is 36.4 Å². The zero-order valence-corrected chi connectivity index (χ0v) is 21.1. The molecule has 1 aliphatic heterocycles. The molecule has 9 heteroatoms. The molecular formula is C28H28N4O5. The molecule has 2 amide bonds. The van der Waals surface area contributed by atoms with Gasteiger partial charge >= 0.3 is 5.97 Å². The summed E-state index contributed by atoms with van der Waals surface area (Å²) >= 11 is 0. The van der Waals surface area contributed by atoms with Gasteiger partial charge in [-0.3, -0.25) is 14.6 Å². The number of rotatable bonds is 7. The van der Waals surface area contributed by atoms with Crippen molar-refractivity contribution in [3.63, 3.8) is 0 Å². The molecule has 190 valence electrons. The Labute approximate surface area is 215 Å². The van der Waals surface area contributed by atoms with Crippen molar-refractivity contribution in [1.29, 1.82) is 0 Å². The number of benzene rings is 3. The first-order valence-corrected chi connectivity index (χ1v) is 11.6. The highest BCUT2D eigenvalue weighted by Gasteiger charge is 2.36. The Morgan fingerprint density at radius 3 is 2.38 bits per heavy atom. The number of aromatic hydroxyl groups is 1. The van der Waals surface area contributed by atoms with Crippen LogP contribution in [0.25, 0.3) is 0 Å². The Morgan fingerprint density at radius 2 is 1.73 bits per heavy atom. The number of likely N-dealkylation sites (N-methyl/N-ethyl adjacent to an activating group) is 2. The first-order chi connectivity index (χ1) is 17.7. The summed E-state index contributed by atoms with van der Waals surface area (Å²) in [5.41, 5.74) is 3.50. The lowest BCUT2D eigenvalue weighted by Gasteiger charge is -2.21. The number of phenolic OH excluding ortho intramolecular Hbond substituents is 1. The topological polar surface area (TPSA) is 112 Å². The minimum absolute atomic E-state index is 0.109. The fraction of sp³-hybridized carbons (Fsp3) is 0.214. The second-order valence-electron chi connectivity index (χ2n) is 8.94. The molecule has 3 aromatic rings. The maximum absolute atomic E-state index is 13.2. The number of aliphatic imine (C=N–C) groups is 1. The van der Waals surface area contributed by atoms with Crippen LogP contribution in [0.3, 0.4) is 0 Å². The molecule has 9 nitrogen and oxygen atoms in total. The zero-order valence-electron chi connectivity index (χ0n) is 21.1. The van der Waals surface area contributed by atoms with Crippen molar-refractivity contribution in [2.45, 2.75) is 5.92 Å². The molecule has 37 heavy (non-hydrogen) atoms. The van der Waals surface area contributed by atoms with Crippen LogP contribution >= 0.6 is 0 Å². The highest BCUT2D eigenvalue weighted by Crippen LogP contribution is 2.38. The molecular weight excluding hydrogens is 472 g/mol. The predicted molar refractivity (Wildman–Crippen MR) is 142 cm³/mol. The van der Waals surface area contributed by atoms with Gasteiger partial charge in [0.1, 0.15) is 11.7 Å². The van der Waals surface area contributed by atoms with Crippen molar-refractivity contribution in [2.24, 2.45) is 4.99 Å². The van der Waals surface area contributed by atoms with Gasteiger partial charge in [0.2, 0.25) is 11.8 Å². The Morgan fingerprint density at radius 1 is 1.00 bits per heavy atom. The third-order valence-electron chi connectivity index (χ3n) is 6.04. The summed E-state index contributed by atoms with van der Waals surface area (Å²) in [5, 5.41) is 13.6. The summed E-state index contributed by atoms with van der Waals surface area (Å²) in [6.45, 7) is 0.196. The van der Waals surface area contributed by atoms with E-state index in [2.05, 4.69) is 5.32 Å². The van der Waals surface area contributed by atoms with Crippen LogP contribution in [0, 0.1) is 0 Å². The van der Waals surface area contributed by atoms with Crippen LogP contribution in [0.5, 0.6) is 5.75 Å². The SMILES string of the molecule is COC(=O)c1ccc2c(c1)NC(=O)C2C(=Nc1ccc(N(C)C(=O)CN(C)C)c(O)c1)c1ccccc1. The number of carbonyl (C=O) groups excluding carboxylic acids is 3. The third-order valence-corrected chi connectivity index (χ3v) is 6.04. The zero-order chi connectivity index (χ0) is 26.7. The number of phenols is 1. The third kappa shape index (κ3) is 5.36. The Hall–Kier alpha value is -4.50. The molecule has 0 bridgehead atoms. The monoisotopic (exact) mass is 500 g/mol. The summed E-state index contributed by atoms with van der Waals surface area (Å²) < 4.78 is 4.79. The minimum atomic E-state index is -0.741. The van der Waals surface area contributed by atoms with Crippen molar-refractivity contribution >= 4 is 40.6 Å². The maximum Gasteiger partial charge on any atom is 0.337 e. The van der Waals surface area contributed by atoms with Crippen LogP contribution in [0.2, 0.25) is 0 Å². The largest absolute Gasteiger partial charge is 0.506 e. The normalized spacial score (nSPS) is 14.8. The Balaban J connectivity index is 1.75. The molecule has 0 saturated carbocycles. The molecule has 0 radical (unpaired) electrons. The predicted octanol–water partition coefficient (Wildman–Crippen LogP) is 3.56. The highest BCUT2D eigenvalue weighted by molar-refractivity contribution is 6.24. The Bertz CT molecular complexity index is 1380. The van der Waals surface area contributed by atoms with Crippen molar-refractivity contribution in [3.8, 4) is 5.75 Å². The quantitative estimate of drug-likeness (QED) is 0.379. The van der Waals surface area contributed by atoms with Gasteiger partial charge in [-0.05, 0) is 49.5 Å². The van der Waals surface area contributed by atoms with Crippen LogP contribution < -0.4 is 10.2 Å². The van der Waals surface area contributed by atoms with E-state index in [1.165, 1.54) is 18.1 Å². The average molecular weight is 501 g/mol. The van der Waals surface area contributed by atoms with Gasteiger partial charge in [-0.15, -0.1) is 0 Å². The summed E-state index contributed by atoms with van der Waals surface area (Å²) in [4.78, 5) is 45.5. The second-order valence-corrected chi connectivity index (χ2v) is 8.94. The summed E-state index contributed by atoms with van der Waals surface area (Å²) in [5.74, 6) is -1.80. The van der Waals surface area contributed by atoms with Gasteiger partial charge in [0.25, 0.3) is 0 Å². The summed E-state index contributed by atoms with van der Waals surface area (Å²) in [7, 11) is 6.49. The van der Waals surface area contributed by atoms with E-state index in [4.69, 9.17) is 9.73 Å². The van der Waals surface area contributed by atoms with Crippen molar-refractivity contribution in [3.05, 3.63) is 83.4 Å². The lowest BCUT2D eigenvalue weighted by Crippen LogP contribution is -2.35. The molecule has 1 heterocycles. The summed E-state index contributed by atoms with van der Waals surface area (Å²) in [6.07, 6.45) is 0. The number of fused-ring (bicyclic) bond motifs is 1. The van der Waals surface area contributed by atoms with Crippen LogP contribution in [-0.2, 0) is 14.3 Å². The number of anilines is 2. The number of esters is 1. The first-order valence-electron chi connectivity index (χ1n) is 11.6. The van der Waals surface area contributed by atoms with Crippen molar-refractivity contribution in [1.82, 2.24) is 4.90 Å². The van der Waals surface area contributed by atoms with Gasteiger partial charge in [-0.25, -0.2) is 4.79 Å². The fourth-order valence-corrected chi connectivity index (χ4v) is 4.20. The van der Waals surface area contributed by atoms with Crippen molar-refractivity contribution in [2.75, 3.05) is 45.0 Å². The summed E-state index contributed by atoms with van der Waals surface area (Å²) in [6, 6.07) is 19.0. The maximum atomic E-state index is 13.2. The standard InChI is InChI=1S/C28H28N4O5/c1-31(2)16-24(34)32(3)22-13-11-19(15-23(22)33)29-26(17-8-6-5-7-9-17)25-20-12-10-18(28(36)37-4)14-21(20)30-27(25)35/h5-15,25,33H,16H2,1-4H3,(H,30,35). The number of carbonyl (C=O) groups is 3. The van der Waals surface area contributed by atoms with E-state index < -0.39 is 11.9 Å². The fourth-order valence-electron chi connectivity index (χ4n) is 4.20. The van der Waals surface area contributed by atoms with Crippen LogP contribution in [0.4, 0.5) is 17.1 Å². The number of amides is 2. The van der Waals surface area contributed by atoms with E-state index in [1.807, 2.05) is 30.3 Å².